The lowest BCUT2D eigenvalue weighted by molar-refractivity contribution is -0.160. The van der Waals surface area contributed by atoms with Crippen molar-refractivity contribution in [1.82, 2.24) is 0 Å². The maximum Gasteiger partial charge on any atom is 0.377 e. The van der Waals surface area contributed by atoms with Crippen LogP contribution in [0.1, 0.15) is 27.2 Å². The van der Waals surface area contributed by atoms with Crippen LogP contribution in [-0.4, -0.2) is 18.0 Å². The number of esters is 1. The van der Waals surface area contributed by atoms with E-state index >= 15 is 0 Å². The van der Waals surface area contributed by atoms with Gasteiger partial charge in [-0.25, -0.2) is 4.79 Å². The van der Waals surface area contributed by atoms with Crippen LogP contribution >= 0.6 is 0 Å². The standard InChI is InChI=1S/C10H14F2O2/c1-6(2)4-5-8-7(3)10(11,12)9(13)14-8/h4,7-8H,5H2,1-3H3/t7-,8+/m0/s1. The average Bonchev–Trinajstić information content (AvgIpc) is 2.26. The summed E-state index contributed by atoms with van der Waals surface area (Å²) in [6, 6.07) is 0. The van der Waals surface area contributed by atoms with E-state index in [1.807, 2.05) is 13.8 Å². The van der Waals surface area contributed by atoms with Crippen LogP contribution in [0.4, 0.5) is 8.78 Å². The average molecular weight is 204 g/mol. The lowest BCUT2D eigenvalue weighted by atomic mass is 9.97. The first kappa shape index (κ1) is 11.1. The van der Waals surface area contributed by atoms with Gasteiger partial charge in [-0.15, -0.1) is 0 Å². The topological polar surface area (TPSA) is 26.3 Å². The van der Waals surface area contributed by atoms with Crippen molar-refractivity contribution in [3.8, 4) is 0 Å². The number of carbonyl (C=O) groups excluding carboxylic acids is 1. The highest BCUT2D eigenvalue weighted by Gasteiger charge is 2.56. The van der Waals surface area contributed by atoms with Gasteiger partial charge in [0.2, 0.25) is 0 Å². The lowest BCUT2D eigenvalue weighted by Gasteiger charge is -2.13. The quantitative estimate of drug-likeness (QED) is 0.510. The number of halogens is 2. The Morgan fingerprint density at radius 2 is 2.14 bits per heavy atom. The number of allylic oxidation sites excluding steroid dienone is 1. The first-order valence-electron chi connectivity index (χ1n) is 4.58. The van der Waals surface area contributed by atoms with Crippen LogP contribution in [0.2, 0.25) is 0 Å². The molecular weight excluding hydrogens is 190 g/mol. The van der Waals surface area contributed by atoms with E-state index in [1.165, 1.54) is 6.92 Å². The highest BCUT2D eigenvalue weighted by Crippen LogP contribution is 2.38. The van der Waals surface area contributed by atoms with Crippen LogP contribution in [0.5, 0.6) is 0 Å². The monoisotopic (exact) mass is 204 g/mol. The summed E-state index contributed by atoms with van der Waals surface area (Å²) < 4.78 is 30.6. The summed E-state index contributed by atoms with van der Waals surface area (Å²) in [5.41, 5.74) is 1.03. The zero-order valence-corrected chi connectivity index (χ0v) is 8.51. The predicted octanol–water partition coefficient (Wildman–Crippen LogP) is 2.54. The van der Waals surface area contributed by atoms with Crippen molar-refractivity contribution in [1.29, 1.82) is 0 Å². The zero-order chi connectivity index (χ0) is 10.9. The molecule has 0 amide bonds. The van der Waals surface area contributed by atoms with E-state index in [9.17, 15) is 13.6 Å². The summed E-state index contributed by atoms with van der Waals surface area (Å²) in [5.74, 6) is -5.75. The molecule has 1 aliphatic rings. The highest BCUT2D eigenvalue weighted by atomic mass is 19.3. The number of hydrogen-bond donors (Lipinski definition) is 0. The molecule has 0 saturated carbocycles. The maximum absolute atomic E-state index is 13.0. The molecule has 0 aromatic rings. The Labute approximate surface area is 81.9 Å². The highest BCUT2D eigenvalue weighted by molar-refractivity contribution is 5.80. The molecule has 14 heavy (non-hydrogen) atoms. The third-order valence-corrected chi connectivity index (χ3v) is 2.42. The van der Waals surface area contributed by atoms with Crippen molar-refractivity contribution in [2.45, 2.75) is 39.2 Å². The maximum atomic E-state index is 13.0. The summed E-state index contributed by atoms with van der Waals surface area (Å²) in [7, 11) is 0. The van der Waals surface area contributed by atoms with E-state index < -0.39 is 23.9 Å². The molecule has 80 valence electrons. The third-order valence-electron chi connectivity index (χ3n) is 2.42. The van der Waals surface area contributed by atoms with Crippen LogP contribution in [0.15, 0.2) is 11.6 Å². The molecule has 1 fully saturated rings. The van der Waals surface area contributed by atoms with Crippen LogP contribution < -0.4 is 0 Å². The molecule has 0 N–H and O–H groups in total. The van der Waals surface area contributed by atoms with E-state index in [1.54, 1.807) is 6.08 Å². The molecule has 0 aliphatic carbocycles. The van der Waals surface area contributed by atoms with Crippen molar-refractivity contribution in [3.05, 3.63) is 11.6 Å². The Balaban J connectivity index is 2.68. The van der Waals surface area contributed by atoms with Crippen molar-refractivity contribution in [2.24, 2.45) is 5.92 Å². The third kappa shape index (κ3) is 1.94. The molecule has 1 saturated heterocycles. The second-order valence-electron chi connectivity index (χ2n) is 3.87. The summed E-state index contributed by atoms with van der Waals surface area (Å²) >= 11 is 0. The molecule has 0 bridgehead atoms. The first-order valence-corrected chi connectivity index (χ1v) is 4.58. The summed E-state index contributed by atoms with van der Waals surface area (Å²) in [4.78, 5) is 10.8. The minimum atomic E-state index is -3.32. The van der Waals surface area contributed by atoms with Gasteiger partial charge in [-0.05, 0) is 13.8 Å². The molecule has 1 aliphatic heterocycles. The minimum absolute atomic E-state index is 0.366. The number of carbonyl (C=O) groups is 1. The number of ether oxygens (including phenoxy) is 1. The van der Waals surface area contributed by atoms with Gasteiger partial charge in [0.05, 0.1) is 5.92 Å². The molecule has 4 heteroatoms. The van der Waals surface area contributed by atoms with Gasteiger partial charge >= 0.3 is 11.9 Å². The molecule has 0 unspecified atom stereocenters. The lowest BCUT2D eigenvalue weighted by Crippen LogP contribution is -2.30. The van der Waals surface area contributed by atoms with Crippen LogP contribution in [0, 0.1) is 5.92 Å². The van der Waals surface area contributed by atoms with Crippen molar-refractivity contribution in [3.63, 3.8) is 0 Å². The SMILES string of the molecule is CC(C)=CC[C@H]1OC(=O)C(F)(F)[C@H]1C. The Bertz CT molecular complexity index is 267. The summed E-state index contributed by atoms with van der Waals surface area (Å²) in [5, 5.41) is 0. The number of rotatable bonds is 2. The van der Waals surface area contributed by atoms with Crippen molar-refractivity contribution in [2.75, 3.05) is 0 Å². The molecule has 1 heterocycles. The van der Waals surface area contributed by atoms with E-state index in [2.05, 4.69) is 4.74 Å². The van der Waals surface area contributed by atoms with Crippen LogP contribution in [-0.2, 0) is 9.53 Å². The molecule has 0 spiro atoms. The van der Waals surface area contributed by atoms with Gasteiger partial charge < -0.3 is 4.74 Å². The fourth-order valence-corrected chi connectivity index (χ4v) is 1.34. The normalized spacial score (nSPS) is 29.9. The Morgan fingerprint density at radius 3 is 2.50 bits per heavy atom. The molecule has 2 nitrogen and oxygen atoms in total. The molecule has 2 atom stereocenters. The Morgan fingerprint density at radius 1 is 1.57 bits per heavy atom. The molecule has 1 rings (SSSR count). The molecule has 0 radical (unpaired) electrons. The van der Waals surface area contributed by atoms with Gasteiger partial charge in [0.1, 0.15) is 6.10 Å². The fraction of sp³-hybridized carbons (Fsp3) is 0.700. The largest absolute Gasteiger partial charge is 0.457 e. The van der Waals surface area contributed by atoms with E-state index in [4.69, 9.17) is 0 Å². The van der Waals surface area contributed by atoms with Gasteiger partial charge in [-0.2, -0.15) is 8.78 Å². The molecular formula is C10H14F2O2. The first-order chi connectivity index (χ1) is 6.35. The van der Waals surface area contributed by atoms with Gasteiger partial charge in [0, 0.05) is 6.42 Å². The zero-order valence-electron chi connectivity index (χ0n) is 8.51. The Hall–Kier alpha value is -0.930. The Kier molecular flexibility index (Phi) is 2.92. The van der Waals surface area contributed by atoms with E-state index in [0.29, 0.717) is 6.42 Å². The number of hydrogen-bond acceptors (Lipinski definition) is 2. The van der Waals surface area contributed by atoms with Crippen molar-refractivity contribution >= 4 is 5.97 Å². The van der Waals surface area contributed by atoms with Crippen LogP contribution in [0.3, 0.4) is 0 Å². The second kappa shape index (κ2) is 3.67. The smallest absolute Gasteiger partial charge is 0.377 e. The number of cyclic esters (lactones) is 1. The van der Waals surface area contributed by atoms with Gasteiger partial charge in [0.25, 0.3) is 0 Å². The molecule has 0 aromatic carbocycles. The van der Waals surface area contributed by atoms with Gasteiger partial charge in [-0.3, -0.25) is 0 Å². The second-order valence-corrected chi connectivity index (χ2v) is 3.87. The molecule has 0 aromatic heterocycles. The summed E-state index contributed by atoms with van der Waals surface area (Å²) in [6.07, 6.45) is 1.48. The minimum Gasteiger partial charge on any atom is -0.457 e. The van der Waals surface area contributed by atoms with Gasteiger partial charge in [-0.1, -0.05) is 18.6 Å². The summed E-state index contributed by atoms with van der Waals surface area (Å²) in [6.45, 7) is 5.09. The predicted molar refractivity (Wildman–Crippen MR) is 48.0 cm³/mol. The fourth-order valence-electron chi connectivity index (χ4n) is 1.34. The number of alkyl halides is 2. The van der Waals surface area contributed by atoms with Gasteiger partial charge in [0.15, 0.2) is 0 Å². The van der Waals surface area contributed by atoms with Crippen molar-refractivity contribution < 1.29 is 18.3 Å². The van der Waals surface area contributed by atoms with Crippen LogP contribution in [0.25, 0.3) is 0 Å². The van der Waals surface area contributed by atoms with E-state index in [-0.39, 0.29) is 0 Å². The van der Waals surface area contributed by atoms with E-state index in [0.717, 1.165) is 5.57 Å².